The van der Waals surface area contributed by atoms with Gasteiger partial charge in [-0.05, 0) is 60.6 Å². The van der Waals surface area contributed by atoms with Crippen molar-refractivity contribution in [2.24, 2.45) is 11.1 Å². The zero-order valence-corrected chi connectivity index (χ0v) is 31.5. The van der Waals surface area contributed by atoms with Crippen LogP contribution in [0.3, 0.4) is 0 Å². The molecule has 2 heterocycles. The molecular formula is C33H42ClF3N8O9S. The molecule has 6 amide bonds. The average Bonchev–Trinajstić information content (AvgIpc) is 3.54. The molecule has 1 aliphatic rings. The number of urea groups is 1. The van der Waals surface area contributed by atoms with Gasteiger partial charge >= 0.3 is 18.2 Å². The van der Waals surface area contributed by atoms with Crippen LogP contribution in [-0.2, 0) is 46.6 Å². The standard InChI is InChI=1S/C33H42ClF3N8O9S/c1-32(2,3)27(29(49)45-14-4-5-19(45)16-25(38)46)41-28(48)24(15-18-10-12-39-13-11-18)40-31(52)43-42-26(47)9-8-23(30(50)51)44-55(53,54)20-6-7-22(34)21(17-20)33(35,36)37/h6-7,10-13,17,19,23-24,27,44H,4-5,8-9,14-16H2,1-3H3,(H2,38,46)(H,41,48)(H,42,47)(H,50,51)(H2,40,43,52)/t19-,23-,24-,27+/m0/s1. The Labute approximate surface area is 319 Å². The molecule has 0 radical (unpaired) electrons. The molecular weight excluding hydrogens is 777 g/mol. The molecule has 4 atom stereocenters. The predicted molar refractivity (Wildman–Crippen MR) is 189 cm³/mol. The first-order valence-corrected chi connectivity index (χ1v) is 18.6. The van der Waals surface area contributed by atoms with Crippen molar-refractivity contribution in [1.82, 2.24) is 36.1 Å². The zero-order valence-electron chi connectivity index (χ0n) is 29.9. The van der Waals surface area contributed by atoms with Gasteiger partial charge in [0.2, 0.25) is 33.7 Å². The van der Waals surface area contributed by atoms with Crippen LogP contribution >= 0.6 is 11.6 Å². The molecule has 0 spiro atoms. The van der Waals surface area contributed by atoms with Crippen LogP contribution in [0.4, 0.5) is 18.0 Å². The van der Waals surface area contributed by atoms with E-state index in [2.05, 4.69) is 15.6 Å². The molecule has 0 unspecified atom stereocenters. The van der Waals surface area contributed by atoms with Gasteiger partial charge in [-0.1, -0.05) is 32.4 Å². The number of nitrogens with two attached hydrogens (primary N) is 1. The molecule has 302 valence electrons. The van der Waals surface area contributed by atoms with Crippen LogP contribution in [0, 0.1) is 5.41 Å². The molecule has 17 nitrogen and oxygen atoms in total. The third-order valence-corrected chi connectivity index (χ3v) is 10.2. The van der Waals surface area contributed by atoms with E-state index in [9.17, 15) is 55.5 Å². The molecule has 1 aromatic carbocycles. The number of amides is 6. The first-order valence-electron chi connectivity index (χ1n) is 16.7. The Morgan fingerprint density at radius 3 is 2.25 bits per heavy atom. The number of pyridine rings is 1. The fourth-order valence-electron chi connectivity index (χ4n) is 5.63. The number of hydrazine groups is 1. The Morgan fingerprint density at radius 1 is 1.02 bits per heavy atom. The van der Waals surface area contributed by atoms with Crippen LogP contribution in [-0.4, -0.2) is 89.7 Å². The number of halogens is 4. The maximum atomic E-state index is 13.7. The van der Waals surface area contributed by atoms with Gasteiger partial charge < -0.3 is 26.4 Å². The molecule has 1 aliphatic heterocycles. The molecule has 8 N–H and O–H groups in total. The fourth-order valence-corrected chi connectivity index (χ4v) is 7.10. The summed E-state index contributed by atoms with van der Waals surface area (Å²) in [7, 11) is -4.85. The second-order valence-corrected chi connectivity index (χ2v) is 15.9. The lowest BCUT2D eigenvalue weighted by Gasteiger charge is -2.36. The van der Waals surface area contributed by atoms with Crippen molar-refractivity contribution < 1.29 is 55.5 Å². The number of carboxylic acid groups (broad SMARTS) is 1. The van der Waals surface area contributed by atoms with Crippen LogP contribution in [0.25, 0.3) is 0 Å². The van der Waals surface area contributed by atoms with Crippen molar-refractivity contribution in [3.8, 4) is 0 Å². The number of benzene rings is 1. The average molecular weight is 819 g/mol. The summed E-state index contributed by atoms with van der Waals surface area (Å²) in [5, 5.41) is 13.9. The van der Waals surface area contributed by atoms with Crippen molar-refractivity contribution in [3.63, 3.8) is 0 Å². The summed E-state index contributed by atoms with van der Waals surface area (Å²) in [6.07, 6.45) is -2.43. The van der Waals surface area contributed by atoms with E-state index in [-0.39, 0.29) is 18.9 Å². The lowest BCUT2D eigenvalue weighted by Crippen LogP contribution is -2.61. The summed E-state index contributed by atoms with van der Waals surface area (Å²) < 4.78 is 67.0. The van der Waals surface area contributed by atoms with Gasteiger partial charge in [0.25, 0.3) is 0 Å². The quantitative estimate of drug-likeness (QED) is 0.128. The van der Waals surface area contributed by atoms with Crippen LogP contribution in [0.5, 0.6) is 0 Å². The number of hydrogen-bond donors (Lipinski definition) is 7. The van der Waals surface area contributed by atoms with Gasteiger partial charge in [-0.15, -0.1) is 0 Å². The maximum absolute atomic E-state index is 13.7. The van der Waals surface area contributed by atoms with Crippen LogP contribution in [0.1, 0.15) is 64.0 Å². The van der Waals surface area contributed by atoms with Gasteiger partial charge in [0.05, 0.1) is 15.5 Å². The fraction of sp³-hybridized carbons (Fsp3) is 0.485. The van der Waals surface area contributed by atoms with Crippen molar-refractivity contribution in [2.45, 2.75) is 94.5 Å². The van der Waals surface area contributed by atoms with Gasteiger partial charge in [0.15, 0.2) is 0 Å². The lowest BCUT2D eigenvalue weighted by molar-refractivity contribution is -0.141. The van der Waals surface area contributed by atoms with Gasteiger partial charge in [-0.2, -0.15) is 17.9 Å². The van der Waals surface area contributed by atoms with E-state index in [1.54, 1.807) is 37.6 Å². The van der Waals surface area contributed by atoms with Gasteiger partial charge in [0, 0.05) is 44.2 Å². The summed E-state index contributed by atoms with van der Waals surface area (Å²) in [6, 6.07) is -1.10. The van der Waals surface area contributed by atoms with E-state index in [0.29, 0.717) is 31.0 Å². The smallest absolute Gasteiger partial charge is 0.417 e. The number of carbonyl (C=O) groups is 6. The SMILES string of the molecule is CC(C)(C)[C@H](NC(=O)[C@H](Cc1ccncc1)NC(=O)NNC(=O)CC[C@H](NS(=O)(=O)c1ccc(Cl)c(C(F)(F)F)c1)C(=O)O)C(=O)N1CCC[C@H]1CC(N)=O. The Morgan fingerprint density at radius 2 is 1.67 bits per heavy atom. The first kappa shape index (κ1) is 44.4. The van der Waals surface area contributed by atoms with Crippen molar-refractivity contribution >= 4 is 57.3 Å². The monoisotopic (exact) mass is 818 g/mol. The minimum atomic E-state index is -5.01. The van der Waals surface area contributed by atoms with E-state index in [0.717, 1.165) is 6.07 Å². The van der Waals surface area contributed by atoms with Crippen LogP contribution < -0.4 is 31.9 Å². The Hall–Kier alpha value is -5.02. The van der Waals surface area contributed by atoms with Gasteiger partial charge in [-0.25, -0.2) is 18.6 Å². The predicted octanol–water partition coefficient (Wildman–Crippen LogP) is 1.60. The Bertz CT molecular complexity index is 1860. The Kier molecular flexibility index (Phi) is 15.0. The third-order valence-electron chi connectivity index (χ3n) is 8.43. The van der Waals surface area contributed by atoms with E-state index in [4.69, 9.17) is 17.3 Å². The third kappa shape index (κ3) is 13.1. The highest BCUT2D eigenvalue weighted by Gasteiger charge is 2.41. The minimum Gasteiger partial charge on any atom is -0.480 e. The number of nitrogens with zero attached hydrogens (tertiary/aromatic N) is 2. The number of carboxylic acids is 1. The lowest BCUT2D eigenvalue weighted by atomic mass is 9.85. The molecule has 3 rings (SSSR count). The molecule has 0 aliphatic carbocycles. The number of aromatic nitrogens is 1. The van der Waals surface area contributed by atoms with Crippen molar-refractivity contribution in [2.75, 3.05) is 6.54 Å². The molecule has 1 fully saturated rings. The number of carbonyl (C=O) groups excluding carboxylic acids is 5. The number of alkyl halides is 3. The molecule has 55 heavy (non-hydrogen) atoms. The highest BCUT2D eigenvalue weighted by Crippen LogP contribution is 2.36. The number of sulfonamides is 1. The molecule has 0 bridgehead atoms. The molecule has 2 aromatic rings. The van der Waals surface area contributed by atoms with Crippen LogP contribution in [0.15, 0.2) is 47.6 Å². The number of nitrogens with one attached hydrogen (secondary N) is 5. The van der Waals surface area contributed by atoms with Gasteiger partial charge in [0.1, 0.15) is 18.1 Å². The number of primary amides is 1. The molecule has 1 saturated heterocycles. The Balaban J connectivity index is 1.67. The van der Waals surface area contributed by atoms with Crippen LogP contribution in [0.2, 0.25) is 5.02 Å². The normalized spacial score (nSPS) is 16.3. The van der Waals surface area contributed by atoms with E-state index < -0.39 is 110 Å². The van der Waals surface area contributed by atoms with Crippen molar-refractivity contribution in [1.29, 1.82) is 0 Å². The number of hydrogen-bond acceptors (Lipinski definition) is 9. The second-order valence-electron chi connectivity index (χ2n) is 13.8. The summed E-state index contributed by atoms with van der Waals surface area (Å²) in [4.78, 5) is 80.8. The first-order chi connectivity index (χ1) is 25.5. The summed E-state index contributed by atoms with van der Waals surface area (Å²) in [5.74, 6) is -4.54. The highest BCUT2D eigenvalue weighted by atomic mass is 35.5. The van der Waals surface area contributed by atoms with E-state index in [1.165, 1.54) is 17.3 Å². The van der Waals surface area contributed by atoms with E-state index in [1.807, 2.05) is 10.9 Å². The van der Waals surface area contributed by atoms with Crippen molar-refractivity contribution in [3.05, 3.63) is 58.9 Å². The minimum absolute atomic E-state index is 0.0449. The second kappa shape index (κ2) is 18.5. The molecule has 0 saturated carbocycles. The topological polar surface area (TPSA) is 259 Å². The summed E-state index contributed by atoms with van der Waals surface area (Å²) in [6.45, 7) is 5.53. The number of aliphatic carboxylic acids is 1. The molecule has 1 aromatic heterocycles. The molecule has 22 heteroatoms. The number of likely N-dealkylation sites (tertiary alicyclic amines) is 1. The highest BCUT2D eigenvalue weighted by molar-refractivity contribution is 7.89. The summed E-state index contributed by atoms with van der Waals surface area (Å²) >= 11 is 5.53. The van der Waals surface area contributed by atoms with E-state index >= 15 is 0 Å². The zero-order chi connectivity index (χ0) is 41.3. The summed E-state index contributed by atoms with van der Waals surface area (Å²) in [5.41, 5.74) is 7.67. The maximum Gasteiger partial charge on any atom is 0.417 e. The number of rotatable bonds is 15. The largest absolute Gasteiger partial charge is 0.480 e. The van der Waals surface area contributed by atoms with Gasteiger partial charge in [-0.3, -0.25) is 34.4 Å².